The van der Waals surface area contributed by atoms with Crippen molar-refractivity contribution >= 4 is 50.8 Å². The third-order valence-corrected chi connectivity index (χ3v) is 5.68. The van der Waals surface area contributed by atoms with Gasteiger partial charge in [-0.05, 0) is 30.7 Å². The minimum atomic E-state index is -0.836. The number of aromatic amines is 1. The van der Waals surface area contributed by atoms with Crippen LogP contribution < -0.4 is 10.6 Å². The zero-order valence-corrected chi connectivity index (χ0v) is 17.6. The lowest BCUT2D eigenvalue weighted by Gasteiger charge is -2.18. The van der Waals surface area contributed by atoms with Crippen LogP contribution in [0.5, 0.6) is 0 Å². The zero-order valence-electron chi connectivity index (χ0n) is 16.0. The maximum Gasteiger partial charge on any atom is 0.253 e. The predicted molar refractivity (Wildman–Crippen MR) is 118 cm³/mol. The van der Waals surface area contributed by atoms with Gasteiger partial charge in [-0.25, -0.2) is 0 Å². The molecule has 0 radical (unpaired) electrons. The molecular weight excluding hydrogens is 422 g/mol. The van der Waals surface area contributed by atoms with Crippen LogP contribution in [0.1, 0.15) is 20.9 Å². The Labute approximate surface area is 181 Å². The summed E-state index contributed by atoms with van der Waals surface area (Å²) in [5, 5.41) is 15.8. The Balaban J connectivity index is 1.60. The van der Waals surface area contributed by atoms with E-state index in [2.05, 4.69) is 25.8 Å². The van der Waals surface area contributed by atoms with Crippen LogP contribution in [0.15, 0.2) is 54.7 Å². The molecule has 152 valence electrons. The van der Waals surface area contributed by atoms with Gasteiger partial charge < -0.3 is 10.3 Å². The number of amides is 2. The number of hydrogen-bond donors (Lipinski definition) is 3. The molecule has 30 heavy (non-hydrogen) atoms. The van der Waals surface area contributed by atoms with Crippen molar-refractivity contribution in [2.45, 2.75) is 19.4 Å². The molecule has 7 nitrogen and oxygen atoms in total. The van der Waals surface area contributed by atoms with Crippen molar-refractivity contribution in [1.82, 2.24) is 20.5 Å². The molecule has 0 aliphatic rings. The fourth-order valence-electron chi connectivity index (χ4n) is 3.15. The lowest BCUT2D eigenvalue weighted by Crippen LogP contribution is -2.45. The summed E-state index contributed by atoms with van der Waals surface area (Å²) in [6, 6.07) is 13.7. The molecule has 0 spiro atoms. The molecule has 2 aromatic carbocycles. The van der Waals surface area contributed by atoms with Crippen LogP contribution in [0.25, 0.3) is 10.9 Å². The summed E-state index contributed by atoms with van der Waals surface area (Å²) < 4.78 is 0. The monoisotopic (exact) mass is 439 g/mol. The Morgan fingerprint density at radius 2 is 1.90 bits per heavy atom. The Morgan fingerprint density at radius 3 is 2.67 bits per heavy atom. The molecule has 9 heteroatoms. The van der Waals surface area contributed by atoms with E-state index in [1.165, 1.54) is 11.3 Å². The fraction of sp³-hybridized carbons (Fsp3) is 0.143. The highest BCUT2D eigenvalue weighted by molar-refractivity contribution is 7.15. The number of aromatic nitrogens is 3. The highest BCUT2D eigenvalue weighted by atomic mass is 35.5. The number of carbonyl (C=O) groups is 2. The van der Waals surface area contributed by atoms with Gasteiger partial charge in [-0.15, -0.1) is 10.2 Å². The standard InChI is InChI=1S/C21H18ClN5O2S/c1-12-26-27-21(30-12)25-20(29)18(24-19(28)15-7-2-4-8-16(15)22)10-13-11-23-17-9-5-3-6-14(13)17/h2-9,11,18,23H,10H2,1H3,(H,24,28)(H,25,27,29). The number of hydrogen-bond acceptors (Lipinski definition) is 5. The summed E-state index contributed by atoms with van der Waals surface area (Å²) in [7, 11) is 0. The van der Waals surface area contributed by atoms with Crippen LogP contribution in [0.2, 0.25) is 5.02 Å². The van der Waals surface area contributed by atoms with Crippen LogP contribution >= 0.6 is 22.9 Å². The van der Waals surface area contributed by atoms with Crippen molar-refractivity contribution in [2.75, 3.05) is 5.32 Å². The molecule has 2 heterocycles. The second-order valence-corrected chi connectivity index (χ2v) is 8.27. The maximum atomic E-state index is 13.0. The molecule has 3 N–H and O–H groups in total. The minimum Gasteiger partial charge on any atom is -0.361 e. The average Bonchev–Trinajstić information content (AvgIpc) is 3.33. The minimum absolute atomic E-state index is 0.295. The summed E-state index contributed by atoms with van der Waals surface area (Å²) >= 11 is 7.42. The Bertz CT molecular complexity index is 1220. The first kappa shape index (κ1) is 20.1. The fourth-order valence-corrected chi connectivity index (χ4v) is 3.97. The molecular formula is C21H18ClN5O2S. The van der Waals surface area contributed by atoms with Crippen molar-refractivity contribution in [1.29, 1.82) is 0 Å². The van der Waals surface area contributed by atoms with E-state index >= 15 is 0 Å². The Morgan fingerprint density at radius 1 is 1.13 bits per heavy atom. The van der Waals surface area contributed by atoms with Gasteiger partial charge in [0.25, 0.3) is 5.91 Å². The largest absolute Gasteiger partial charge is 0.361 e. The zero-order chi connectivity index (χ0) is 21.1. The number of nitrogens with zero attached hydrogens (tertiary/aromatic N) is 2. The molecule has 0 aliphatic heterocycles. The van der Waals surface area contributed by atoms with Gasteiger partial charge in [-0.1, -0.05) is 53.3 Å². The van der Waals surface area contributed by atoms with Crippen LogP contribution in [0, 0.1) is 6.92 Å². The predicted octanol–water partition coefficient (Wildman–Crippen LogP) is 3.96. The first-order chi connectivity index (χ1) is 14.5. The van der Waals surface area contributed by atoms with Gasteiger partial charge >= 0.3 is 0 Å². The van der Waals surface area contributed by atoms with Crippen LogP contribution in [0.3, 0.4) is 0 Å². The molecule has 2 amide bonds. The molecule has 1 unspecified atom stereocenters. The molecule has 0 aliphatic carbocycles. The van der Waals surface area contributed by atoms with E-state index in [0.717, 1.165) is 21.5 Å². The van der Waals surface area contributed by atoms with Crippen molar-refractivity contribution in [3.8, 4) is 0 Å². The Hall–Kier alpha value is -3.23. The van der Waals surface area contributed by atoms with E-state index in [9.17, 15) is 9.59 Å². The molecule has 1 atom stereocenters. The van der Waals surface area contributed by atoms with E-state index in [-0.39, 0.29) is 5.91 Å². The van der Waals surface area contributed by atoms with Crippen molar-refractivity contribution in [3.63, 3.8) is 0 Å². The Kier molecular flexibility index (Phi) is 5.78. The topological polar surface area (TPSA) is 99.8 Å². The van der Waals surface area contributed by atoms with Gasteiger partial charge in [0.2, 0.25) is 11.0 Å². The lowest BCUT2D eigenvalue weighted by molar-refractivity contribution is -0.118. The summed E-state index contributed by atoms with van der Waals surface area (Å²) in [6.45, 7) is 1.80. The second-order valence-electron chi connectivity index (χ2n) is 6.68. The maximum absolute atomic E-state index is 13.0. The second kappa shape index (κ2) is 8.64. The smallest absolute Gasteiger partial charge is 0.253 e. The van der Waals surface area contributed by atoms with E-state index in [4.69, 9.17) is 11.6 Å². The van der Waals surface area contributed by atoms with E-state index in [1.807, 2.05) is 30.5 Å². The van der Waals surface area contributed by atoms with E-state index in [1.54, 1.807) is 31.2 Å². The highest BCUT2D eigenvalue weighted by Crippen LogP contribution is 2.21. The molecule has 4 rings (SSSR count). The highest BCUT2D eigenvalue weighted by Gasteiger charge is 2.25. The van der Waals surface area contributed by atoms with Crippen molar-refractivity contribution in [3.05, 3.63) is 75.9 Å². The van der Waals surface area contributed by atoms with Gasteiger partial charge in [0.05, 0.1) is 10.6 Å². The number of rotatable bonds is 6. The number of carbonyl (C=O) groups excluding carboxylic acids is 2. The number of nitrogens with one attached hydrogen (secondary N) is 3. The number of aryl methyl sites for hydroxylation is 1. The van der Waals surface area contributed by atoms with Crippen molar-refractivity contribution in [2.24, 2.45) is 0 Å². The van der Waals surface area contributed by atoms with E-state index in [0.29, 0.717) is 22.1 Å². The number of benzene rings is 2. The molecule has 0 fully saturated rings. The summed E-state index contributed by atoms with van der Waals surface area (Å²) in [6.07, 6.45) is 2.14. The number of H-pyrrole nitrogens is 1. The SMILES string of the molecule is Cc1nnc(NC(=O)C(Cc2c[nH]c3ccccc23)NC(=O)c2ccccc2Cl)s1. The van der Waals surface area contributed by atoms with E-state index < -0.39 is 11.9 Å². The van der Waals surface area contributed by atoms with Gasteiger partial charge in [0, 0.05) is 23.5 Å². The van der Waals surface area contributed by atoms with Crippen molar-refractivity contribution < 1.29 is 9.59 Å². The summed E-state index contributed by atoms with van der Waals surface area (Å²) in [5.41, 5.74) is 2.19. The summed E-state index contributed by atoms with van der Waals surface area (Å²) in [4.78, 5) is 29.0. The quantitative estimate of drug-likeness (QED) is 0.423. The van der Waals surface area contributed by atoms with Crippen LogP contribution in [-0.4, -0.2) is 33.0 Å². The molecule has 2 aromatic heterocycles. The van der Waals surface area contributed by atoms with Gasteiger partial charge in [0.15, 0.2) is 0 Å². The first-order valence-electron chi connectivity index (χ1n) is 9.22. The normalized spacial score (nSPS) is 11.9. The van der Waals surface area contributed by atoms with Crippen LogP contribution in [0.4, 0.5) is 5.13 Å². The molecule has 0 bridgehead atoms. The number of halogens is 1. The van der Waals surface area contributed by atoms with Gasteiger partial charge in [0.1, 0.15) is 11.0 Å². The van der Waals surface area contributed by atoms with Crippen LogP contribution in [-0.2, 0) is 11.2 Å². The number of fused-ring (bicyclic) bond motifs is 1. The molecule has 0 saturated heterocycles. The molecule has 0 saturated carbocycles. The van der Waals surface area contributed by atoms with Gasteiger partial charge in [-0.2, -0.15) is 0 Å². The third kappa shape index (κ3) is 4.34. The average molecular weight is 440 g/mol. The molecule has 4 aromatic rings. The lowest BCUT2D eigenvalue weighted by atomic mass is 10.0. The third-order valence-electron chi connectivity index (χ3n) is 4.60. The number of para-hydroxylation sites is 1. The first-order valence-corrected chi connectivity index (χ1v) is 10.4. The number of anilines is 1. The summed E-state index contributed by atoms with van der Waals surface area (Å²) in [5.74, 6) is -0.800. The van der Waals surface area contributed by atoms with Gasteiger partial charge in [-0.3, -0.25) is 14.9 Å².